The molecule has 0 spiro atoms. The van der Waals surface area contributed by atoms with Crippen molar-refractivity contribution in [2.24, 2.45) is 0 Å². The zero-order valence-corrected chi connectivity index (χ0v) is 17.8. The number of rotatable bonds is 7. The SMILES string of the molecule is COc1ccc(OCC(=O)N(c2cccc(C)c2C)S(=O)(=O)c2ccccc2)cc1. The molecule has 0 heterocycles. The van der Waals surface area contributed by atoms with E-state index in [9.17, 15) is 13.2 Å². The fourth-order valence-electron chi connectivity index (χ4n) is 2.93. The number of benzene rings is 3. The Morgan fingerprint density at radius 2 is 1.50 bits per heavy atom. The van der Waals surface area contributed by atoms with E-state index in [1.165, 1.54) is 12.1 Å². The van der Waals surface area contributed by atoms with E-state index >= 15 is 0 Å². The minimum Gasteiger partial charge on any atom is -0.497 e. The number of amides is 1. The molecule has 0 aliphatic carbocycles. The molecular formula is C23H23NO5S. The van der Waals surface area contributed by atoms with Gasteiger partial charge in [-0.3, -0.25) is 4.79 Å². The molecule has 0 unspecified atom stereocenters. The van der Waals surface area contributed by atoms with E-state index in [0.717, 1.165) is 9.87 Å². The predicted molar refractivity (Wildman–Crippen MR) is 116 cm³/mol. The highest BCUT2D eigenvalue weighted by atomic mass is 32.2. The number of methoxy groups -OCH3 is 1. The van der Waals surface area contributed by atoms with Gasteiger partial charge in [0.05, 0.1) is 17.7 Å². The fourth-order valence-corrected chi connectivity index (χ4v) is 4.42. The van der Waals surface area contributed by atoms with Crippen molar-refractivity contribution in [3.8, 4) is 11.5 Å². The maximum Gasteiger partial charge on any atom is 0.278 e. The van der Waals surface area contributed by atoms with Crippen LogP contribution in [0.15, 0.2) is 77.7 Å². The maximum absolute atomic E-state index is 13.4. The van der Waals surface area contributed by atoms with Crippen LogP contribution in [0.2, 0.25) is 0 Å². The largest absolute Gasteiger partial charge is 0.497 e. The average molecular weight is 426 g/mol. The van der Waals surface area contributed by atoms with E-state index < -0.39 is 22.5 Å². The molecule has 0 fully saturated rings. The molecule has 1 amide bonds. The van der Waals surface area contributed by atoms with Crippen LogP contribution >= 0.6 is 0 Å². The molecule has 30 heavy (non-hydrogen) atoms. The standard InChI is InChI=1S/C23H23NO5S/c1-17-8-7-11-22(18(17)2)24(30(26,27)21-9-5-4-6-10-21)23(25)16-29-20-14-12-19(28-3)13-15-20/h4-15H,16H2,1-3H3. The first kappa shape index (κ1) is 21.4. The maximum atomic E-state index is 13.4. The van der Waals surface area contributed by atoms with Crippen LogP contribution in [0.1, 0.15) is 11.1 Å². The lowest BCUT2D eigenvalue weighted by Gasteiger charge is -2.25. The van der Waals surface area contributed by atoms with Gasteiger partial charge in [0.15, 0.2) is 6.61 Å². The third kappa shape index (κ3) is 4.46. The van der Waals surface area contributed by atoms with Crippen molar-refractivity contribution < 1.29 is 22.7 Å². The molecule has 0 aliphatic heterocycles. The first-order valence-electron chi connectivity index (χ1n) is 9.31. The van der Waals surface area contributed by atoms with Crippen LogP contribution in [0, 0.1) is 13.8 Å². The van der Waals surface area contributed by atoms with Crippen molar-refractivity contribution in [3.05, 3.63) is 83.9 Å². The van der Waals surface area contributed by atoms with Crippen LogP contribution in [-0.4, -0.2) is 28.0 Å². The normalized spacial score (nSPS) is 11.0. The van der Waals surface area contributed by atoms with Crippen molar-refractivity contribution in [1.82, 2.24) is 0 Å². The Morgan fingerprint density at radius 3 is 2.13 bits per heavy atom. The van der Waals surface area contributed by atoms with Crippen molar-refractivity contribution in [3.63, 3.8) is 0 Å². The smallest absolute Gasteiger partial charge is 0.278 e. The number of sulfonamides is 1. The summed E-state index contributed by atoms with van der Waals surface area (Å²) in [6.07, 6.45) is 0. The third-order valence-electron chi connectivity index (χ3n) is 4.72. The number of nitrogens with zero attached hydrogens (tertiary/aromatic N) is 1. The summed E-state index contributed by atoms with van der Waals surface area (Å²) in [5.41, 5.74) is 1.89. The number of carbonyl (C=O) groups excluding carboxylic acids is 1. The van der Waals surface area contributed by atoms with Crippen molar-refractivity contribution >= 4 is 21.6 Å². The molecule has 0 saturated carbocycles. The molecular weight excluding hydrogens is 402 g/mol. The molecule has 0 aliphatic rings. The summed E-state index contributed by atoms with van der Waals surface area (Å²) in [4.78, 5) is 13.2. The van der Waals surface area contributed by atoms with Crippen molar-refractivity contribution in [2.75, 3.05) is 18.0 Å². The molecule has 3 aromatic rings. The summed E-state index contributed by atoms with van der Waals surface area (Å²) in [6, 6.07) is 19.8. The summed E-state index contributed by atoms with van der Waals surface area (Å²) in [6.45, 7) is 3.21. The van der Waals surface area contributed by atoms with E-state index in [4.69, 9.17) is 9.47 Å². The summed E-state index contributed by atoms with van der Waals surface area (Å²) in [7, 11) is -2.57. The molecule has 0 atom stereocenters. The molecule has 3 aromatic carbocycles. The zero-order chi connectivity index (χ0) is 21.7. The summed E-state index contributed by atoms with van der Waals surface area (Å²) < 4.78 is 38.2. The lowest BCUT2D eigenvalue weighted by atomic mass is 10.1. The Hall–Kier alpha value is -3.32. The number of ether oxygens (including phenoxy) is 2. The quantitative estimate of drug-likeness (QED) is 0.570. The molecule has 0 N–H and O–H groups in total. The topological polar surface area (TPSA) is 72.9 Å². The number of anilines is 1. The van der Waals surface area contributed by atoms with Gasteiger partial charge < -0.3 is 9.47 Å². The van der Waals surface area contributed by atoms with Crippen LogP contribution in [0.4, 0.5) is 5.69 Å². The lowest BCUT2D eigenvalue weighted by Crippen LogP contribution is -2.40. The van der Waals surface area contributed by atoms with Gasteiger partial charge in [-0.15, -0.1) is 0 Å². The van der Waals surface area contributed by atoms with E-state index in [1.54, 1.807) is 68.6 Å². The Kier molecular flexibility index (Phi) is 6.42. The van der Waals surface area contributed by atoms with Crippen LogP contribution in [-0.2, 0) is 14.8 Å². The molecule has 0 aromatic heterocycles. The number of aryl methyl sites for hydroxylation is 1. The first-order chi connectivity index (χ1) is 14.3. The minimum absolute atomic E-state index is 0.0312. The lowest BCUT2D eigenvalue weighted by molar-refractivity contribution is -0.119. The van der Waals surface area contributed by atoms with Crippen LogP contribution in [0.3, 0.4) is 0 Å². The summed E-state index contributed by atoms with van der Waals surface area (Å²) in [5, 5.41) is 0. The van der Waals surface area contributed by atoms with Crippen molar-refractivity contribution in [2.45, 2.75) is 18.7 Å². The van der Waals surface area contributed by atoms with Gasteiger partial charge in [0, 0.05) is 0 Å². The molecule has 7 heteroatoms. The average Bonchev–Trinajstić information content (AvgIpc) is 2.76. The van der Waals surface area contributed by atoms with Crippen LogP contribution in [0.5, 0.6) is 11.5 Å². The van der Waals surface area contributed by atoms with Gasteiger partial charge in [0.1, 0.15) is 11.5 Å². The van der Waals surface area contributed by atoms with Gasteiger partial charge in [-0.25, -0.2) is 8.42 Å². The van der Waals surface area contributed by atoms with Crippen LogP contribution in [0.25, 0.3) is 0 Å². The highest BCUT2D eigenvalue weighted by Gasteiger charge is 2.32. The molecule has 3 rings (SSSR count). The van der Waals surface area contributed by atoms with E-state index in [1.807, 2.05) is 13.0 Å². The highest BCUT2D eigenvalue weighted by molar-refractivity contribution is 7.93. The Bertz CT molecular complexity index is 1130. The Balaban J connectivity index is 1.96. The number of hydrogen-bond acceptors (Lipinski definition) is 5. The Morgan fingerprint density at radius 1 is 0.867 bits per heavy atom. The fraction of sp³-hybridized carbons (Fsp3) is 0.174. The summed E-state index contributed by atoms with van der Waals surface area (Å²) in [5.74, 6) is 0.392. The van der Waals surface area contributed by atoms with Gasteiger partial charge in [-0.05, 0) is 67.4 Å². The third-order valence-corrected chi connectivity index (χ3v) is 6.47. The van der Waals surface area contributed by atoms with E-state index in [2.05, 4.69) is 0 Å². The van der Waals surface area contributed by atoms with Gasteiger partial charge >= 0.3 is 0 Å². The summed E-state index contributed by atoms with van der Waals surface area (Å²) >= 11 is 0. The monoisotopic (exact) mass is 425 g/mol. The highest BCUT2D eigenvalue weighted by Crippen LogP contribution is 2.29. The number of carbonyl (C=O) groups is 1. The Labute approximate surface area is 176 Å². The molecule has 0 radical (unpaired) electrons. The second-order valence-corrected chi connectivity index (χ2v) is 8.45. The van der Waals surface area contributed by atoms with Crippen LogP contribution < -0.4 is 13.8 Å². The molecule has 6 nitrogen and oxygen atoms in total. The van der Waals surface area contributed by atoms with Crippen molar-refractivity contribution in [1.29, 1.82) is 0 Å². The van der Waals surface area contributed by atoms with Gasteiger partial charge in [0.25, 0.3) is 15.9 Å². The minimum atomic E-state index is -4.12. The predicted octanol–water partition coefficient (Wildman–Crippen LogP) is 4.11. The second-order valence-electron chi connectivity index (χ2n) is 6.66. The van der Waals surface area contributed by atoms with Gasteiger partial charge in [0.2, 0.25) is 0 Å². The molecule has 0 saturated heterocycles. The second kappa shape index (κ2) is 9.00. The van der Waals surface area contributed by atoms with E-state index in [-0.39, 0.29) is 4.90 Å². The van der Waals surface area contributed by atoms with E-state index in [0.29, 0.717) is 22.7 Å². The molecule has 0 bridgehead atoms. The number of hydrogen-bond donors (Lipinski definition) is 0. The van der Waals surface area contributed by atoms with Gasteiger partial charge in [-0.2, -0.15) is 4.31 Å². The zero-order valence-electron chi connectivity index (χ0n) is 17.0. The molecule has 156 valence electrons. The first-order valence-corrected chi connectivity index (χ1v) is 10.7. The van der Waals surface area contributed by atoms with Gasteiger partial charge in [-0.1, -0.05) is 30.3 Å².